The monoisotopic (exact) mass is 287 g/mol. The van der Waals surface area contributed by atoms with Crippen LogP contribution in [0, 0.1) is 0 Å². The van der Waals surface area contributed by atoms with E-state index in [0.29, 0.717) is 6.07 Å². The molecule has 0 aliphatic rings. The molecule has 1 heterocycles. The molecule has 0 radical (unpaired) electrons. The van der Waals surface area contributed by atoms with Crippen LogP contribution < -0.4 is 10.3 Å². The number of nitrogens with one attached hydrogen (secondary N) is 1. The number of carboxylic acids is 1. The lowest BCUT2D eigenvalue weighted by molar-refractivity contribution is -0.275. The lowest BCUT2D eigenvalue weighted by Gasteiger charge is -2.15. The van der Waals surface area contributed by atoms with Crippen molar-refractivity contribution in [3.05, 3.63) is 27.7 Å². The summed E-state index contributed by atoms with van der Waals surface area (Å²) in [5.74, 6) is -3.00. The van der Waals surface area contributed by atoms with E-state index in [9.17, 15) is 31.5 Å². The number of hydrogen-bond donors (Lipinski definition) is 2. The summed E-state index contributed by atoms with van der Waals surface area (Å²) in [4.78, 5) is 22.9. The van der Waals surface area contributed by atoms with E-state index in [-0.39, 0.29) is 0 Å². The Balaban J connectivity index is 3.42. The highest BCUT2D eigenvalue weighted by Gasteiger charge is 2.35. The molecule has 0 amide bonds. The van der Waals surface area contributed by atoms with Gasteiger partial charge in [0.05, 0.1) is 6.42 Å². The summed E-state index contributed by atoms with van der Waals surface area (Å²) in [6, 6.07) is 0.459. The highest BCUT2D eigenvalue weighted by Crippen LogP contribution is 2.33. The van der Waals surface area contributed by atoms with Crippen LogP contribution in [0.1, 0.15) is 17.7 Å². The quantitative estimate of drug-likeness (QED) is 0.828. The van der Waals surface area contributed by atoms with Gasteiger partial charge in [-0.25, -0.2) is 8.78 Å². The summed E-state index contributed by atoms with van der Waals surface area (Å²) in [6.45, 7) is 0. The molecule has 0 aliphatic carbocycles. The molecule has 0 saturated heterocycles. The van der Waals surface area contributed by atoms with Gasteiger partial charge in [0, 0.05) is 11.6 Å². The molecular formula is C9H6F5NO4. The zero-order chi connectivity index (χ0) is 14.8. The SMILES string of the molecule is O=C(O)Cc1cc(=O)[nH]c(C(F)F)c1OC(F)(F)F. The molecule has 0 fully saturated rings. The first-order chi connectivity index (χ1) is 8.60. The van der Waals surface area contributed by atoms with E-state index in [0.717, 1.165) is 0 Å². The lowest BCUT2D eigenvalue weighted by atomic mass is 10.1. The number of aromatic amines is 1. The molecule has 5 nitrogen and oxygen atoms in total. The Morgan fingerprint density at radius 1 is 1.42 bits per heavy atom. The molecule has 0 atom stereocenters. The van der Waals surface area contributed by atoms with Gasteiger partial charge in [-0.2, -0.15) is 0 Å². The third kappa shape index (κ3) is 4.23. The molecule has 19 heavy (non-hydrogen) atoms. The number of pyridine rings is 1. The normalized spacial score (nSPS) is 11.7. The summed E-state index contributed by atoms with van der Waals surface area (Å²) in [5, 5.41) is 8.47. The van der Waals surface area contributed by atoms with Crippen LogP contribution in [0.3, 0.4) is 0 Å². The summed E-state index contributed by atoms with van der Waals surface area (Å²) in [7, 11) is 0. The topological polar surface area (TPSA) is 79.4 Å². The number of alkyl halides is 5. The zero-order valence-corrected chi connectivity index (χ0v) is 8.92. The first-order valence-electron chi connectivity index (χ1n) is 4.62. The highest BCUT2D eigenvalue weighted by molar-refractivity contribution is 5.71. The Morgan fingerprint density at radius 3 is 2.42 bits per heavy atom. The Kier molecular flexibility index (Phi) is 4.12. The van der Waals surface area contributed by atoms with Gasteiger partial charge in [0.1, 0.15) is 5.69 Å². The van der Waals surface area contributed by atoms with Crippen molar-refractivity contribution in [3.63, 3.8) is 0 Å². The molecule has 1 rings (SSSR count). The van der Waals surface area contributed by atoms with E-state index in [1.54, 1.807) is 0 Å². The van der Waals surface area contributed by atoms with E-state index in [4.69, 9.17) is 5.11 Å². The molecule has 10 heteroatoms. The second-order valence-electron chi connectivity index (χ2n) is 3.32. The smallest absolute Gasteiger partial charge is 0.481 e. The minimum Gasteiger partial charge on any atom is -0.481 e. The van der Waals surface area contributed by atoms with E-state index >= 15 is 0 Å². The minimum atomic E-state index is -5.30. The average molecular weight is 287 g/mol. The number of hydrogen-bond acceptors (Lipinski definition) is 3. The van der Waals surface area contributed by atoms with Crippen molar-refractivity contribution in [2.45, 2.75) is 19.2 Å². The van der Waals surface area contributed by atoms with Crippen molar-refractivity contribution in [2.75, 3.05) is 0 Å². The summed E-state index contributed by atoms with van der Waals surface area (Å²) < 4.78 is 64.7. The van der Waals surface area contributed by atoms with Gasteiger partial charge in [-0.3, -0.25) is 9.59 Å². The van der Waals surface area contributed by atoms with Crippen LogP contribution in [-0.4, -0.2) is 22.4 Å². The molecule has 0 saturated carbocycles. The van der Waals surface area contributed by atoms with Gasteiger partial charge in [-0.1, -0.05) is 0 Å². The maximum atomic E-state index is 12.5. The van der Waals surface area contributed by atoms with Gasteiger partial charge < -0.3 is 14.8 Å². The second kappa shape index (κ2) is 5.24. The largest absolute Gasteiger partial charge is 0.573 e. The Hall–Kier alpha value is -2.13. The van der Waals surface area contributed by atoms with Gasteiger partial charge >= 0.3 is 12.3 Å². The molecule has 0 spiro atoms. The standard InChI is InChI=1S/C9H6F5NO4/c10-8(11)6-7(19-9(12,13)14)3(2-5(17)18)1-4(16)15-6/h1,8H,2H2,(H,15,16)(H,17,18). The van der Waals surface area contributed by atoms with Crippen molar-refractivity contribution in [3.8, 4) is 5.75 Å². The molecule has 0 unspecified atom stereocenters. The maximum absolute atomic E-state index is 12.5. The fraction of sp³-hybridized carbons (Fsp3) is 0.333. The molecule has 1 aromatic rings. The molecule has 106 valence electrons. The van der Waals surface area contributed by atoms with Crippen LogP contribution in [0.5, 0.6) is 5.75 Å². The first kappa shape index (κ1) is 14.9. The van der Waals surface area contributed by atoms with Crippen molar-refractivity contribution >= 4 is 5.97 Å². The van der Waals surface area contributed by atoms with Crippen LogP contribution in [0.2, 0.25) is 0 Å². The fourth-order valence-electron chi connectivity index (χ4n) is 1.31. The van der Waals surface area contributed by atoms with Gasteiger partial charge in [-0.05, 0) is 0 Å². The lowest BCUT2D eigenvalue weighted by Crippen LogP contribution is -2.23. The maximum Gasteiger partial charge on any atom is 0.573 e. The van der Waals surface area contributed by atoms with E-state index in [2.05, 4.69) is 4.74 Å². The number of H-pyrrole nitrogens is 1. The van der Waals surface area contributed by atoms with Gasteiger partial charge in [0.15, 0.2) is 5.75 Å². The van der Waals surface area contributed by atoms with Crippen molar-refractivity contribution in [2.24, 2.45) is 0 Å². The molecular weight excluding hydrogens is 281 g/mol. The first-order valence-corrected chi connectivity index (χ1v) is 4.62. The Labute approximate surface area is 101 Å². The summed E-state index contributed by atoms with van der Waals surface area (Å²) >= 11 is 0. The Morgan fingerprint density at radius 2 is 2.00 bits per heavy atom. The van der Waals surface area contributed by atoms with E-state index in [1.807, 2.05) is 0 Å². The predicted molar refractivity (Wildman–Crippen MR) is 50.0 cm³/mol. The van der Waals surface area contributed by atoms with Gasteiger partial charge in [0.2, 0.25) is 5.56 Å². The molecule has 0 aliphatic heterocycles. The predicted octanol–water partition coefficient (Wildman–Crippen LogP) is 1.84. The second-order valence-corrected chi connectivity index (χ2v) is 3.32. The average Bonchev–Trinajstić information content (AvgIpc) is 2.18. The van der Waals surface area contributed by atoms with Crippen LogP contribution in [0.15, 0.2) is 10.9 Å². The molecule has 0 aromatic carbocycles. The van der Waals surface area contributed by atoms with Crippen LogP contribution in [-0.2, 0) is 11.2 Å². The molecule has 0 bridgehead atoms. The molecule has 1 aromatic heterocycles. The number of halogens is 5. The number of aliphatic carboxylic acids is 1. The van der Waals surface area contributed by atoms with Crippen LogP contribution in [0.25, 0.3) is 0 Å². The fourth-order valence-corrected chi connectivity index (χ4v) is 1.31. The summed E-state index contributed by atoms with van der Waals surface area (Å²) in [5.41, 5.74) is -3.36. The third-order valence-electron chi connectivity index (χ3n) is 1.88. The van der Waals surface area contributed by atoms with Crippen LogP contribution >= 0.6 is 0 Å². The van der Waals surface area contributed by atoms with Crippen molar-refractivity contribution in [1.82, 2.24) is 4.98 Å². The van der Waals surface area contributed by atoms with E-state index in [1.165, 1.54) is 4.98 Å². The van der Waals surface area contributed by atoms with E-state index < -0.39 is 47.7 Å². The Bertz CT molecular complexity index is 536. The minimum absolute atomic E-state index is 0.459. The summed E-state index contributed by atoms with van der Waals surface area (Å²) in [6.07, 6.45) is -9.82. The van der Waals surface area contributed by atoms with Crippen molar-refractivity contribution < 1.29 is 36.6 Å². The number of ether oxygens (including phenoxy) is 1. The van der Waals surface area contributed by atoms with Gasteiger partial charge in [0.25, 0.3) is 6.43 Å². The van der Waals surface area contributed by atoms with Gasteiger partial charge in [-0.15, -0.1) is 13.2 Å². The number of carboxylic acid groups (broad SMARTS) is 1. The van der Waals surface area contributed by atoms with Crippen molar-refractivity contribution in [1.29, 1.82) is 0 Å². The number of rotatable bonds is 4. The molecule has 2 N–H and O–H groups in total. The highest BCUT2D eigenvalue weighted by atomic mass is 19.4. The van der Waals surface area contributed by atoms with Crippen LogP contribution in [0.4, 0.5) is 22.0 Å². The third-order valence-corrected chi connectivity index (χ3v) is 1.88. The number of aromatic nitrogens is 1. The zero-order valence-electron chi connectivity index (χ0n) is 8.92. The number of carbonyl (C=O) groups is 1.